The summed E-state index contributed by atoms with van der Waals surface area (Å²) >= 11 is 0. The van der Waals surface area contributed by atoms with Crippen LogP contribution in [0.25, 0.3) is 0 Å². The van der Waals surface area contributed by atoms with Crippen molar-refractivity contribution in [2.75, 3.05) is 18.0 Å². The van der Waals surface area contributed by atoms with E-state index in [4.69, 9.17) is 0 Å². The van der Waals surface area contributed by atoms with Gasteiger partial charge in [0.05, 0.1) is 12.0 Å². The van der Waals surface area contributed by atoms with Crippen LogP contribution >= 0.6 is 0 Å². The molecule has 1 N–H and O–H groups in total. The third-order valence-electron chi connectivity index (χ3n) is 3.70. The fourth-order valence-electron chi connectivity index (χ4n) is 2.43. The standard InChI is InChI=1S/C14H18F3NO/c1-10(19)11-2-4-13(5-3-11)18-8-6-12(7-9-18)14(15,16)17/h2-5,10,12,19H,6-9H2,1H3/t10-/m0/s1. The van der Waals surface area contributed by atoms with Gasteiger partial charge in [-0.2, -0.15) is 13.2 Å². The molecule has 0 saturated carbocycles. The molecular weight excluding hydrogens is 255 g/mol. The van der Waals surface area contributed by atoms with E-state index in [1.54, 1.807) is 6.92 Å². The monoisotopic (exact) mass is 273 g/mol. The molecule has 0 amide bonds. The maximum Gasteiger partial charge on any atom is 0.391 e. The number of aliphatic hydroxyl groups is 1. The van der Waals surface area contributed by atoms with Crippen LogP contribution in [0.15, 0.2) is 24.3 Å². The summed E-state index contributed by atoms with van der Waals surface area (Å²) in [5, 5.41) is 9.41. The minimum absolute atomic E-state index is 0.154. The molecule has 0 spiro atoms. The number of benzene rings is 1. The number of alkyl halides is 3. The number of hydrogen-bond acceptors (Lipinski definition) is 2. The molecule has 1 heterocycles. The Labute approximate surface area is 110 Å². The third-order valence-corrected chi connectivity index (χ3v) is 3.70. The summed E-state index contributed by atoms with van der Waals surface area (Å²) in [4.78, 5) is 1.97. The van der Waals surface area contributed by atoms with Crippen molar-refractivity contribution in [1.82, 2.24) is 0 Å². The lowest BCUT2D eigenvalue weighted by atomic mass is 9.96. The van der Waals surface area contributed by atoms with Crippen LogP contribution in [-0.4, -0.2) is 24.4 Å². The van der Waals surface area contributed by atoms with Crippen LogP contribution in [-0.2, 0) is 0 Å². The molecule has 1 fully saturated rings. The Kier molecular flexibility index (Phi) is 4.04. The van der Waals surface area contributed by atoms with Crippen LogP contribution in [0.2, 0.25) is 0 Å². The van der Waals surface area contributed by atoms with Crippen LogP contribution in [0.1, 0.15) is 31.4 Å². The van der Waals surface area contributed by atoms with Gasteiger partial charge in [0.25, 0.3) is 0 Å². The van der Waals surface area contributed by atoms with Crippen molar-refractivity contribution in [1.29, 1.82) is 0 Å². The van der Waals surface area contributed by atoms with E-state index in [0.29, 0.717) is 13.1 Å². The Morgan fingerprint density at radius 1 is 1.16 bits per heavy atom. The Balaban J connectivity index is 1.98. The molecule has 1 atom stereocenters. The number of hydrogen-bond donors (Lipinski definition) is 1. The number of anilines is 1. The molecule has 2 nitrogen and oxygen atoms in total. The van der Waals surface area contributed by atoms with Crippen molar-refractivity contribution in [3.8, 4) is 0 Å². The van der Waals surface area contributed by atoms with E-state index in [-0.39, 0.29) is 12.8 Å². The molecular formula is C14H18F3NO. The van der Waals surface area contributed by atoms with Crippen molar-refractivity contribution >= 4 is 5.69 Å². The van der Waals surface area contributed by atoms with Crippen molar-refractivity contribution < 1.29 is 18.3 Å². The summed E-state index contributed by atoms with van der Waals surface area (Å²) in [5.41, 5.74) is 1.74. The van der Waals surface area contributed by atoms with Crippen molar-refractivity contribution in [2.24, 2.45) is 5.92 Å². The van der Waals surface area contributed by atoms with Gasteiger partial charge in [-0.25, -0.2) is 0 Å². The zero-order chi connectivity index (χ0) is 14.0. The maximum atomic E-state index is 12.6. The van der Waals surface area contributed by atoms with Gasteiger partial charge < -0.3 is 10.0 Å². The molecule has 1 aliphatic heterocycles. The zero-order valence-corrected chi connectivity index (χ0v) is 10.8. The molecule has 0 aromatic heterocycles. The second-order valence-electron chi connectivity index (χ2n) is 5.07. The van der Waals surface area contributed by atoms with E-state index in [1.807, 2.05) is 29.2 Å². The lowest BCUT2D eigenvalue weighted by molar-refractivity contribution is -0.179. The first kappa shape index (κ1) is 14.2. The molecule has 1 aliphatic rings. The highest BCUT2D eigenvalue weighted by Gasteiger charge is 2.41. The molecule has 1 aromatic rings. The van der Waals surface area contributed by atoms with E-state index in [1.165, 1.54) is 0 Å². The highest BCUT2D eigenvalue weighted by molar-refractivity contribution is 5.48. The van der Waals surface area contributed by atoms with Gasteiger partial charge >= 0.3 is 6.18 Å². The minimum Gasteiger partial charge on any atom is -0.389 e. The molecule has 5 heteroatoms. The maximum absolute atomic E-state index is 12.6. The lowest BCUT2D eigenvalue weighted by Gasteiger charge is -2.34. The van der Waals surface area contributed by atoms with Crippen molar-refractivity contribution in [2.45, 2.75) is 32.0 Å². The van der Waals surface area contributed by atoms with Crippen LogP contribution in [0.3, 0.4) is 0 Å². The molecule has 0 aliphatic carbocycles. The molecule has 1 saturated heterocycles. The quantitative estimate of drug-likeness (QED) is 0.891. The summed E-state index contributed by atoms with van der Waals surface area (Å²) in [7, 11) is 0. The Morgan fingerprint density at radius 3 is 2.11 bits per heavy atom. The van der Waals surface area contributed by atoms with Gasteiger partial charge in [0.1, 0.15) is 0 Å². The highest BCUT2D eigenvalue weighted by Crippen LogP contribution is 2.35. The van der Waals surface area contributed by atoms with E-state index in [9.17, 15) is 18.3 Å². The number of rotatable bonds is 2. The van der Waals surface area contributed by atoms with Gasteiger partial charge in [-0.1, -0.05) is 12.1 Å². The van der Waals surface area contributed by atoms with Crippen molar-refractivity contribution in [3.63, 3.8) is 0 Å². The normalized spacial score (nSPS) is 19.5. The fraction of sp³-hybridized carbons (Fsp3) is 0.571. The summed E-state index contributed by atoms with van der Waals surface area (Å²) in [6.07, 6.45) is -4.28. The first-order chi connectivity index (χ1) is 8.88. The fourth-order valence-corrected chi connectivity index (χ4v) is 2.43. The van der Waals surface area contributed by atoms with Crippen molar-refractivity contribution in [3.05, 3.63) is 29.8 Å². The van der Waals surface area contributed by atoms with Crippen LogP contribution < -0.4 is 4.90 Å². The number of halogens is 3. The van der Waals surface area contributed by atoms with E-state index >= 15 is 0 Å². The summed E-state index contributed by atoms with van der Waals surface area (Å²) in [6.45, 7) is 2.54. The average Bonchev–Trinajstić information content (AvgIpc) is 2.38. The molecule has 106 valence electrons. The van der Waals surface area contributed by atoms with Gasteiger partial charge in [0.15, 0.2) is 0 Å². The Hall–Kier alpha value is -1.23. The molecule has 2 rings (SSSR count). The highest BCUT2D eigenvalue weighted by atomic mass is 19.4. The van der Waals surface area contributed by atoms with Gasteiger partial charge in [0, 0.05) is 18.8 Å². The molecule has 0 radical (unpaired) electrons. The third kappa shape index (κ3) is 3.41. The summed E-state index contributed by atoms with van der Waals surface area (Å²) < 4.78 is 37.7. The molecule has 19 heavy (non-hydrogen) atoms. The average molecular weight is 273 g/mol. The van der Waals surface area contributed by atoms with E-state index in [2.05, 4.69) is 0 Å². The van der Waals surface area contributed by atoms with E-state index < -0.39 is 18.2 Å². The van der Waals surface area contributed by atoms with Gasteiger partial charge in [-0.15, -0.1) is 0 Å². The smallest absolute Gasteiger partial charge is 0.389 e. The predicted octanol–water partition coefficient (Wildman–Crippen LogP) is 3.52. The molecule has 0 bridgehead atoms. The predicted molar refractivity (Wildman–Crippen MR) is 68.1 cm³/mol. The number of piperidine rings is 1. The topological polar surface area (TPSA) is 23.5 Å². The van der Waals surface area contributed by atoms with E-state index in [0.717, 1.165) is 11.3 Å². The first-order valence-electron chi connectivity index (χ1n) is 6.47. The largest absolute Gasteiger partial charge is 0.391 e. The van der Waals surface area contributed by atoms with Crippen LogP contribution in [0.4, 0.5) is 18.9 Å². The zero-order valence-electron chi connectivity index (χ0n) is 10.8. The second kappa shape index (κ2) is 5.41. The minimum atomic E-state index is -4.07. The lowest BCUT2D eigenvalue weighted by Crippen LogP contribution is -2.38. The van der Waals surface area contributed by atoms with Gasteiger partial charge in [-0.3, -0.25) is 0 Å². The Morgan fingerprint density at radius 2 is 1.68 bits per heavy atom. The first-order valence-corrected chi connectivity index (χ1v) is 6.47. The Bertz CT molecular complexity index is 406. The van der Waals surface area contributed by atoms with Crippen LogP contribution in [0, 0.1) is 5.92 Å². The number of nitrogens with zero attached hydrogens (tertiary/aromatic N) is 1. The summed E-state index contributed by atoms with van der Waals surface area (Å²) in [5.74, 6) is -1.17. The number of aliphatic hydroxyl groups excluding tert-OH is 1. The molecule has 0 unspecified atom stereocenters. The molecule has 1 aromatic carbocycles. The van der Waals surface area contributed by atoms with Crippen LogP contribution in [0.5, 0.6) is 0 Å². The van der Waals surface area contributed by atoms with Gasteiger partial charge in [0.2, 0.25) is 0 Å². The SMILES string of the molecule is C[C@H](O)c1ccc(N2CCC(C(F)(F)F)CC2)cc1. The second-order valence-corrected chi connectivity index (χ2v) is 5.07. The van der Waals surface area contributed by atoms with Gasteiger partial charge in [-0.05, 0) is 37.5 Å². The summed E-state index contributed by atoms with van der Waals surface area (Å²) in [6, 6.07) is 7.34.